The van der Waals surface area contributed by atoms with Crippen molar-refractivity contribution in [3.8, 4) is 0 Å². The van der Waals surface area contributed by atoms with E-state index >= 15 is 0 Å². The van der Waals surface area contributed by atoms with Gasteiger partial charge in [0.1, 0.15) is 5.54 Å². The molecule has 2 aliphatic heterocycles. The van der Waals surface area contributed by atoms with Gasteiger partial charge in [0, 0.05) is 24.0 Å². The summed E-state index contributed by atoms with van der Waals surface area (Å²) >= 11 is 1.57. The van der Waals surface area contributed by atoms with Crippen LogP contribution >= 0.6 is 11.3 Å². The minimum absolute atomic E-state index is 0.194. The van der Waals surface area contributed by atoms with Gasteiger partial charge < -0.3 is 10.6 Å². The van der Waals surface area contributed by atoms with Gasteiger partial charge in [0.25, 0.3) is 0 Å². The summed E-state index contributed by atoms with van der Waals surface area (Å²) in [4.78, 5) is 20.0. The monoisotopic (exact) mass is 396 g/mol. The summed E-state index contributed by atoms with van der Waals surface area (Å²) in [5.41, 5.74) is 5.39. The van der Waals surface area contributed by atoms with Gasteiger partial charge in [-0.3, -0.25) is 9.69 Å². The Labute approximate surface area is 170 Å². The predicted molar refractivity (Wildman–Crippen MR) is 111 cm³/mol. The van der Waals surface area contributed by atoms with Crippen molar-refractivity contribution in [3.05, 3.63) is 52.0 Å². The average molecular weight is 397 g/mol. The Kier molecular flexibility index (Phi) is 4.95. The van der Waals surface area contributed by atoms with Crippen LogP contribution in [0, 0.1) is 0 Å². The van der Waals surface area contributed by atoms with Crippen LogP contribution in [0.15, 0.2) is 35.2 Å². The number of fused-ring (bicyclic) bond motifs is 2. The number of nitrogens with zero attached hydrogens (tertiary/aromatic N) is 2. The van der Waals surface area contributed by atoms with Gasteiger partial charge >= 0.3 is 0 Å². The lowest BCUT2D eigenvalue weighted by atomic mass is 9.84. The lowest BCUT2D eigenvalue weighted by Gasteiger charge is -2.40. The highest BCUT2D eigenvalue weighted by Gasteiger charge is 2.52. The molecule has 5 rings (SSSR count). The molecule has 3 aliphatic rings. The number of thiazole rings is 1. The molecular formula is C22H28N4OS. The molecule has 2 atom stereocenters. The van der Waals surface area contributed by atoms with Crippen molar-refractivity contribution in [3.63, 3.8) is 0 Å². The second kappa shape index (κ2) is 7.58. The third-order valence-corrected chi connectivity index (χ3v) is 7.39. The SMILES string of the molecule is O=C(NCc1cscn1)[C@@]12CCCCN1C[C@@H](NC1Cc3ccccc3C1)C2. The van der Waals surface area contributed by atoms with Crippen molar-refractivity contribution in [2.45, 2.75) is 62.7 Å². The van der Waals surface area contributed by atoms with E-state index in [-0.39, 0.29) is 11.4 Å². The van der Waals surface area contributed by atoms with Crippen LogP contribution in [0.1, 0.15) is 42.5 Å². The Morgan fingerprint density at radius 3 is 2.79 bits per heavy atom. The Morgan fingerprint density at radius 2 is 2.04 bits per heavy atom. The summed E-state index contributed by atoms with van der Waals surface area (Å²) in [6, 6.07) is 9.67. The minimum atomic E-state index is -0.336. The smallest absolute Gasteiger partial charge is 0.240 e. The van der Waals surface area contributed by atoms with Crippen molar-refractivity contribution in [2.24, 2.45) is 0 Å². The summed E-state index contributed by atoms with van der Waals surface area (Å²) in [6.07, 6.45) is 6.44. The molecule has 0 radical (unpaired) electrons. The molecule has 0 saturated carbocycles. The summed E-state index contributed by atoms with van der Waals surface area (Å²) in [5.74, 6) is 0.194. The molecule has 2 saturated heterocycles. The molecule has 1 aromatic carbocycles. The fraction of sp³-hybridized carbons (Fsp3) is 0.545. The molecule has 5 nitrogen and oxygen atoms in total. The first kappa shape index (κ1) is 18.3. The third-order valence-electron chi connectivity index (χ3n) is 6.76. The first-order chi connectivity index (χ1) is 13.7. The number of hydrogen-bond donors (Lipinski definition) is 2. The third kappa shape index (κ3) is 3.38. The van der Waals surface area contributed by atoms with Gasteiger partial charge in [-0.05, 0) is 56.2 Å². The fourth-order valence-electron chi connectivity index (χ4n) is 5.46. The number of carbonyl (C=O) groups excluding carboxylic acids is 1. The zero-order chi connectivity index (χ0) is 19.0. The number of rotatable bonds is 5. The number of aromatic nitrogens is 1. The Balaban J connectivity index is 1.25. The Morgan fingerprint density at radius 1 is 1.21 bits per heavy atom. The molecule has 1 aliphatic carbocycles. The molecule has 0 unspecified atom stereocenters. The van der Waals surface area contributed by atoms with E-state index in [1.807, 2.05) is 10.9 Å². The van der Waals surface area contributed by atoms with Gasteiger partial charge in [-0.1, -0.05) is 24.3 Å². The minimum Gasteiger partial charge on any atom is -0.349 e. The molecule has 0 bridgehead atoms. The molecule has 1 amide bonds. The maximum Gasteiger partial charge on any atom is 0.240 e. The number of carbonyl (C=O) groups is 1. The van der Waals surface area contributed by atoms with Crippen LogP contribution in [0.25, 0.3) is 0 Å². The van der Waals surface area contributed by atoms with Gasteiger partial charge in [-0.2, -0.15) is 0 Å². The number of nitrogens with one attached hydrogen (secondary N) is 2. The summed E-state index contributed by atoms with van der Waals surface area (Å²) in [6.45, 7) is 2.55. The van der Waals surface area contributed by atoms with Crippen LogP contribution < -0.4 is 10.6 Å². The number of amides is 1. The molecule has 28 heavy (non-hydrogen) atoms. The molecule has 2 fully saturated rings. The zero-order valence-corrected chi connectivity index (χ0v) is 17.0. The topological polar surface area (TPSA) is 57.3 Å². The molecule has 6 heteroatoms. The van der Waals surface area contributed by atoms with Crippen LogP contribution in [0.4, 0.5) is 0 Å². The quantitative estimate of drug-likeness (QED) is 0.815. The number of piperidine rings is 1. The van der Waals surface area contributed by atoms with Crippen molar-refractivity contribution in [1.82, 2.24) is 20.5 Å². The van der Waals surface area contributed by atoms with E-state index in [2.05, 4.69) is 44.8 Å². The first-order valence-corrected chi connectivity index (χ1v) is 11.4. The van der Waals surface area contributed by atoms with Gasteiger partial charge in [0.2, 0.25) is 5.91 Å². The molecule has 2 N–H and O–H groups in total. The van der Waals surface area contributed by atoms with Crippen molar-refractivity contribution < 1.29 is 4.79 Å². The van der Waals surface area contributed by atoms with Crippen LogP contribution in [-0.4, -0.2) is 46.5 Å². The fourth-order valence-corrected chi connectivity index (χ4v) is 6.02. The zero-order valence-electron chi connectivity index (χ0n) is 16.2. The van der Waals surface area contributed by atoms with E-state index in [1.165, 1.54) is 17.5 Å². The van der Waals surface area contributed by atoms with E-state index in [4.69, 9.17) is 0 Å². The van der Waals surface area contributed by atoms with Crippen LogP contribution in [0.5, 0.6) is 0 Å². The van der Waals surface area contributed by atoms with E-state index < -0.39 is 0 Å². The second-order valence-electron chi connectivity index (χ2n) is 8.54. The van der Waals surface area contributed by atoms with Crippen molar-refractivity contribution >= 4 is 17.2 Å². The first-order valence-electron chi connectivity index (χ1n) is 10.5. The van der Waals surface area contributed by atoms with E-state index in [1.54, 1.807) is 11.3 Å². The van der Waals surface area contributed by atoms with E-state index in [0.29, 0.717) is 18.6 Å². The molecule has 2 aromatic rings. The molecule has 3 heterocycles. The maximum atomic E-state index is 13.3. The van der Waals surface area contributed by atoms with Crippen molar-refractivity contribution in [1.29, 1.82) is 0 Å². The lowest BCUT2D eigenvalue weighted by Crippen LogP contribution is -2.57. The van der Waals surface area contributed by atoms with E-state index in [9.17, 15) is 4.79 Å². The van der Waals surface area contributed by atoms with Crippen LogP contribution in [0.2, 0.25) is 0 Å². The highest BCUT2D eigenvalue weighted by atomic mass is 32.1. The Bertz CT molecular complexity index is 814. The van der Waals surface area contributed by atoms with Crippen LogP contribution in [-0.2, 0) is 24.2 Å². The van der Waals surface area contributed by atoms with E-state index in [0.717, 1.165) is 50.9 Å². The van der Waals surface area contributed by atoms with Gasteiger partial charge in [0.15, 0.2) is 0 Å². The summed E-state index contributed by atoms with van der Waals surface area (Å²) in [7, 11) is 0. The highest BCUT2D eigenvalue weighted by molar-refractivity contribution is 7.07. The Hall–Kier alpha value is -1.76. The molecular weight excluding hydrogens is 368 g/mol. The molecule has 0 spiro atoms. The molecule has 1 aromatic heterocycles. The highest BCUT2D eigenvalue weighted by Crippen LogP contribution is 2.38. The maximum absolute atomic E-state index is 13.3. The molecule has 148 valence electrons. The largest absolute Gasteiger partial charge is 0.349 e. The summed E-state index contributed by atoms with van der Waals surface area (Å²) < 4.78 is 0. The second-order valence-corrected chi connectivity index (χ2v) is 9.26. The number of benzene rings is 1. The van der Waals surface area contributed by atoms with Crippen LogP contribution in [0.3, 0.4) is 0 Å². The van der Waals surface area contributed by atoms with Gasteiger partial charge in [-0.15, -0.1) is 11.3 Å². The average Bonchev–Trinajstić information content (AvgIpc) is 3.43. The predicted octanol–water partition coefficient (Wildman–Crippen LogP) is 2.51. The normalized spacial score (nSPS) is 27.5. The van der Waals surface area contributed by atoms with Crippen molar-refractivity contribution in [2.75, 3.05) is 13.1 Å². The standard InChI is InChI=1S/C22H28N4OS/c27-21(23-12-20-14-28-15-24-20)22-7-3-4-8-26(22)13-19(11-22)25-18-9-16-5-1-2-6-17(16)10-18/h1-2,5-6,14-15,18-19,25H,3-4,7-13H2,(H,23,27)/t19-,22-/m0/s1. The number of hydrogen-bond acceptors (Lipinski definition) is 5. The lowest BCUT2D eigenvalue weighted by molar-refractivity contribution is -0.134. The van der Waals surface area contributed by atoms with Gasteiger partial charge in [-0.25, -0.2) is 4.98 Å². The van der Waals surface area contributed by atoms with Gasteiger partial charge in [0.05, 0.1) is 17.7 Å². The summed E-state index contributed by atoms with van der Waals surface area (Å²) in [5, 5.41) is 9.09.